The molecule has 1 saturated heterocycles. The highest BCUT2D eigenvalue weighted by Crippen LogP contribution is 2.31. The summed E-state index contributed by atoms with van der Waals surface area (Å²) in [5.41, 5.74) is 5.41. The molecule has 1 aliphatic carbocycles. The van der Waals surface area contributed by atoms with Gasteiger partial charge in [-0.1, -0.05) is 6.07 Å². The molecule has 6 rings (SSSR count). The lowest BCUT2D eigenvalue weighted by atomic mass is 9.96. The summed E-state index contributed by atoms with van der Waals surface area (Å²) in [6.45, 7) is 3.42. The highest BCUT2D eigenvalue weighted by Gasteiger charge is 2.24. The van der Waals surface area contributed by atoms with Gasteiger partial charge in [-0.05, 0) is 97.8 Å². The Labute approximate surface area is 209 Å². The molecule has 3 aromatic carbocycles. The predicted octanol–water partition coefficient (Wildman–Crippen LogP) is 5.62. The minimum absolute atomic E-state index is 0.221. The van der Waals surface area contributed by atoms with Crippen molar-refractivity contribution in [3.8, 4) is 16.8 Å². The molecule has 2 N–H and O–H groups in total. The molecule has 36 heavy (non-hydrogen) atoms. The number of halogens is 1. The van der Waals surface area contributed by atoms with Crippen molar-refractivity contribution < 1.29 is 13.9 Å². The number of carbonyl (C=O) groups excluding carboxylic acids is 1. The van der Waals surface area contributed by atoms with Gasteiger partial charge < -0.3 is 15.4 Å². The number of hydrogen-bond donors (Lipinski definition) is 2. The normalized spacial score (nSPS) is 17.4. The number of nitrogens with one attached hydrogen (secondary N) is 2. The van der Waals surface area contributed by atoms with Gasteiger partial charge in [0.25, 0.3) is 5.91 Å². The van der Waals surface area contributed by atoms with Crippen LogP contribution >= 0.6 is 0 Å². The second-order valence-corrected chi connectivity index (χ2v) is 9.77. The Kier molecular flexibility index (Phi) is 5.93. The maximum absolute atomic E-state index is 14.7. The van der Waals surface area contributed by atoms with E-state index in [4.69, 9.17) is 4.74 Å². The summed E-state index contributed by atoms with van der Waals surface area (Å²) >= 11 is 0. The van der Waals surface area contributed by atoms with Crippen LogP contribution in [0.1, 0.15) is 41.6 Å². The van der Waals surface area contributed by atoms with Crippen molar-refractivity contribution in [2.75, 3.05) is 18.5 Å². The van der Waals surface area contributed by atoms with Crippen LogP contribution in [0.4, 0.5) is 10.1 Å². The molecule has 2 fully saturated rings. The van der Waals surface area contributed by atoms with Crippen molar-refractivity contribution in [3.05, 3.63) is 77.7 Å². The van der Waals surface area contributed by atoms with E-state index in [1.165, 1.54) is 6.07 Å². The zero-order chi connectivity index (χ0) is 24.6. The molecule has 2 aliphatic rings. The van der Waals surface area contributed by atoms with E-state index in [0.717, 1.165) is 66.7 Å². The number of anilines is 1. The largest absolute Gasteiger partial charge is 0.382 e. The van der Waals surface area contributed by atoms with Crippen molar-refractivity contribution >= 4 is 22.5 Å². The number of fused-ring (bicyclic) bond motifs is 1. The van der Waals surface area contributed by atoms with Crippen molar-refractivity contribution in [2.24, 2.45) is 0 Å². The number of amides is 1. The third-order valence-corrected chi connectivity index (χ3v) is 7.07. The number of ether oxygens (including phenoxy) is 1. The summed E-state index contributed by atoms with van der Waals surface area (Å²) in [6.07, 6.45) is 6.33. The molecule has 184 valence electrons. The molecule has 0 radical (unpaired) electrons. The lowest BCUT2D eigenvalue weighted by Gasteiger charge is -2.13. The minimum Gasteiger partial charge on any atom is -0.382 e. The molecular weight excluding hydrogens is 455 g/mol. The number of carbonyl (C=O) groups is 1. The average molecular weight is 485 g/mol. The van der Waals surface area contributed by atoms with Crippen LogP contribution in [-0.2, 0) is 4.74 Å². The Balaban J connectivity index is 1.25. The summed E-state index contributed by atoms with van der Waals surface area (Å²) in [7, 11) is 0. The number of hydrogen-bond acceptors (Lipinski definition) is 4. The maximum atomic E-state index is 14.7. The van der Waals surface area contributed by atoms with E-state index in [1.807, 2.05) is 41.2 Å². The number of benzene rings is 3. The van der Waals surface area contributed by atoms with Gasteiger partial charge >= 0.3 is 0 Å². The first kappa shape index (κ1) is 22.7. The van der Waals surface area contributed by atoms with Gasteiger partial charge in [0.15, 0.2) is 0 Å². The molecule has 7 heteroatoms. The summed E-state index contributed by atoms with van der Waals surface area (Å²) in [4.78, 5) is 12.5. The molecule has 0 spiro atoms. The van der Waals surface area contributed by atoms with E-state index in [-0.39, 0.29) is 17.8 Å². The maximum Gasteiger partial charge on any atom is 0.251 e. The highest BCUT2D eigenvalue weighted by molar-refractivity contribution is 5.96. The Morgan fingerprint density at radius 3 is 2.69 bits per heavy atom. The van der Waals surface area contributed by atoms with Crippen LogP contribution in [0.3, 0.4) is 0 Å². The summed E-state index contributed by atoms with van der Waals surface area (Å²) in [6, 6.07) is 17.5. The SMILES string of the molecule is Cc1c(F)cc(C(=O)NC2CC2)cc1-c1ccc2c(cnn2-c2ccc(NCC3CCCO3)cc2)c1. The molecule has 1 unspecified atom stereocenters. The molecule has 4 aromatic rings. The van der Waals surface area contributed by atoms with E-state index in [0.29, 0.717) is 22.8 Å². The Morgan fingerprint density at radius 2 is 1.94 bits per heavy atom. The van der Waals surface area contributed by atoms with Crippen LogP contribution < -0.4 is 10.6 Å². The quantitative estimate of drug-likeness (QED) is 0.357. The first-order chi connectivity index (χ1) is 17.5. The van der Waals surface area contributed by atoms with Gasteiger partial charge in [-0.3, -0.25) is 4.79 Å². The molecule has 2 heterocycles. The van der Waals surface area contributed by atoms with Crippen molar-refractivity contribution in [2.45, 2.75) is 44.8 Å². The van der Waals surface area contributed by atoms with Gasteiger partial charge in [0, 0.05) is 35.8 Å². The molecular formula is C29H29FN4O2. The van der Waals surface area contributed by atoms with E-state index in [9.17, 15) is 9.18 Å². The van der Waals surface area contributed by atoms with Gasteiger partial charge in [-0.25, -0.2) is 9.07 Å². The van der Waals surface area contributed by atoms with Gasteiger partial charge in [0.2, 0.25) is 0 Å². The van der Waals surface area contributed by atoms with E-state index < -0.39 is 0 Å². The monoisotopic (exact) mass is 484 g/mol. The predicted molar refractivity (Wildman–Crippen MR) is 139 cm³/mol. The van der Waals surface area contributed by atoms with Crippen molar-refractivity contribution in [3.63, 3.8) is 0 Å². The third-order valence-electron chi connectivity index (χ3n) is 7.07. The van der Waals surface area contributed by atoms with E-state index in [1.54, 1.807) is 13.0 Å². The molecule has 0 bridgehead atoms. The lowest BCUT2D eigenvalue weighted by Crippen LogP contribution is -2.25. The number of rotatable bonds is 7. The molecule has 6 nitrogen and oxygen atoms in total. The highest BCUT2D eigenvalue weighted by atomic mass is 19.1. The zero-order valence-electron chi connectivity index (χ0n) is 20.3. The van der Waals surface area contributed by atoms with Crippen molar-refractivity contribution in [1.82, 2.24) is 15.1 Å². The topological polar surface area (TPSA) is 68.2 Å². The number of nitrogens with zero attached hydrogens (tertiary/aromatic N) is 2. The van der Waals surface area contributed by atoms with Gasteiger partial charge in [-0.2, -0.15) is 5.10 Å². The Bertz CT molecular complexity index is 1420. The van der Waals surface area contributed by atoms with Crippen LogP contribution in [0.15, 0.2) is 60.8 Å². The van der Waals surface area contributed by atoms with Crippen LogP contribution in [0.5, 0.6) is 0 Å². The van der Waals surface area contributed by atoms with Crippen LogP contribution in [0.2, 0.25) is 0 Å². The second-order valence-electron chi connectivity index (χ2n) is 9.77. The summed E-state index contributed by atoms with van der Waals surface area (Å²) < 4.78 is 22.3. The first-order valence-electron chi connectivity index (χ1n) is 12.6. The van der Waals surface area contributed by atoms with Gasteiger partial charge in [-0.15, -0.1) is 0 Å². The average Bonchev–Trinajstić information content (AvgIpc) is 3.37. The summed E-state index contributed by atoms with van der Waals surface area (Å²) in [5.74, 6) is -0.599. The van der Waals surface area contributed by atoms with Crippen molar-refractivity contribution in [1.29, 1.82) is 0 Å². The molecule has 1 amide bonds. The fourth-order valence-electron chi connectivity index (χ4n) is 4.77. The molecule has 1 aromatic heterocycles. The van der Waals surface area contributed by atoms with Crippen LogP contribution in [0, 0.1) is 12.7 Å². The number of aromatic nitrogens is 2. The fourth-order valence-corrected chi connectivity index (χ4v) is 4.77. The lowest BCUT2D eigenvalue weighted by molar-refractivity contribution is 0.0950. The third kappa shape index (κ3) is 4.58. The molecule has 1 aliphatic heterocycles. The standard InChI is InChI=1S/C29H29FN4O2/c1-18-26(14-20(15-27(18)30)29(35)33-23-5-6-23)19-4-11-28-21(13-19)16-32-34(28)24-9-7-22(8-10-24)31-17-25-3-2-12-36-25/h4,7-11,13-16,23,25,31H,2-3,5-6,12,17H2,1H3,(H,33,35). The summed E-state index contributed by atoms with van der Waals surface area (Å²) in [5, 5.41) is 11.9. The smallest absolute Gasteiger partial charge is 0.251 e. The fraction of sp³-hybridized carbons (Fsp3) is 0.310. The van der Waals surface area contributed by atoms with Gasteiger partial charge in [0.1, 0.15) is 5.82 Å². The molecule has 1 atom stereocenters. The first-order valence-corrected chi connectivity index (χ1v) is 12.6. The van der Waals surface area contributed by atoms with Crippen LogP contribution in [-0.4, -0.2) is 41.0 Å². The zero-order valence-corrected chi connectivity index (χ0v) is 20.3. The van der Waals surface area contributed by atoms with Crippen LogP contribution in [0.25, 0.3) is 27.7 Å². The Morgan fingerprint density at radius 1 is 1.11 bits per heavy atom. The van der Waals surface area contributed by atoms with Gasteiger partial charge in [0.05, 0.1) is 23.5 Å². The second kappa shape index (κ2) is 9.39. The van der Waals surface area contributed by atoms with E-state index >= 15 is 0 Å². The minimum atomic E-state index is -0.377. The Hall–Kier alpha value is -3.71. The van der Waals surface area contributed by atoms with E-state index in [2.05, 4.69) is 27.9 Å². The molecule has 1 saturated carbocycles.